The van der Waals surface area contributed by atoms with Gasteiger partial charge < -0.3 is 14.9 Å². The number of carbonyl (C=O) groups is 1. The molecule has 2 rings (SSSR count). The Kier molecular flexibility index (Phi) is 3.57. The molecule has 1 saturated heterocycles. The van der Waals surface area contributed by atoms with Gasteiger partial charge in [0.05, 0.1) is 0 Å². The number of amides is 1. The largest absolute Gasteiger partial charge is 0.508 e. The van der Waals surface area contributed by atoms with E-state index in [-0.39, 0.29) is 11.7 Å². The molecule has 4 nitrogen and oxygen atoms in total. The molecule has 1 fully saturated rings. The lowest BCUT2D eigenvalue weighted by Crippen LogP contribution is -2.35. The number of hydrogen-bond acceptors (Lipinski definition) is 3. The molecule has 2 unspecified atom stereocenters. The zero-order valence-corrected chi connectivity index (χ0v) is 11.1. The minimum absolute atomic E-state index is 0.0474. The average Bonchev–Trinajstić information content (AvgIpc) is 2.71. The van der Waals surface area contributed by atoms with Crippen LogP contribution in [0.1, 0.15) is 17.3 Å². The highest BCUT2D eigenvalue weighted by Crippen LogP contribution is 2.22. The van der Waals surface area contributed by atoms with Crippen molar-refractivity contribution in [3.05, 3.63) is 29.8 Å². The number of nitrogens with zero attached hydrogens (tertiary/aromatic N) is 2. The summed E-state index contributed by atoms with van der Waals surface area (Å²) in [5.41, 5.74) is 0.638. The highest BCUT2D eigenvalue weighted by atomic mass is 16.3. The topological polar surface area (TPSA) is 43.8 Å². The van der Waals surface area contributed by atoms with Gasteiger partial charge in [0.25, 0.3) is 5.91 Å². The van der Waals surface area contributed by atoms with Gasteiger partial charge in [-0.05, 0) is 44.3 Å². The molecule has 0 spiro atoms. The van der Waals surface area contributed by atoms with Gasteiger partial charge in [0.15, 0.2) is 0 Å². The van der Waals surface area contributed by atoms with Crippen LogP contribution in [0.3, 0.4) is 0 Å². The van der Waals surface area contributed by atoms with Crippen molar-refractivity contribution < 1.29 is 9.90 Å². The van der Waals surface area contributed by atoms with E-state index >= 15 is 0 Å². The Labute approximate surface area is 108 Å². The quantitative estimate of drug-likeness (QED) is 0.860. The maximum Gasteiger partial charge on any atom is 0.253 e. The van der Waals surface area contributed by atoms with E-state index in [1.54, 1.807) is 24.3 Å². The summed E-state index contributed by atoms with van der Waals surface area (Å²) >= 11 is 0. The zero-order chi connectivity index (χ0) is 13.3. The molecule has 1 aliphatic rings. The van der Waals surface area contributed by atoms with Crippen LogP contribution in [-0.4, -0.2) is 54.0 Å². The van der Waals surface area contributed by atoms with Gasteiger partial charge in [-0.25, -0.2) is 0 Å². The minimum atomic E-state index is 0.0474. The molecule has 0 radical (unpaired) electrons. The number of hydrogen-bond donors (Lipinski definition) is 1. The van der Waals surface area contributed by atoms with Crippen molar-refractivity contribution in [1.29, 1.82) is 0 Å². The van der Waals surface area contributed by atoms with Crippen LogP contribution in [0.4, 0.5) is 0 Å². The summed E-state index contributed by atoms with van der Waals surface area (Å²) < 4.78 is 0. The molecule has 0 saturated carbocycles. The van der Waals surface area contributed by atoms with Crippen molar-refractivity contribution >= 4 is 5.91 Å². The van der Waals surface area contributed by atoms with E-state index in [9.17, 15) is 9.90 Å². The van der Waals surface area contributed by atoms with Crippen molar-refractivity contribution in [1.82, 2.24) is 9.80 Å². The maximum atomic E-state index is 12.3. The molecule has 4 heteroatoms. The molecule has 0 aromatic heterocycles. The summed E-state index contributed by atoms with van der Waals surface area (Å²) in [6.07, 6.45) is 0. The van der Waals surface area contributed by atoms with Gasteiger partial charge in [0.1, 0.15) is 5.75 Å². The third-order valence-electron chi connectivity index (χ3n) is 3.64. The molecular weight excluding hydrogens is 228 g/mol. The first-order valence-electron chi connectivity index (χ1n) is 6.23. The number of phenols is 1. The van der Waals surface area contributed by atoms with Crippen LogP contribution in [0.25, 0.3) is 0 Å². The van der Waals surface area contributed by atoms with Crippen LogP contribution in [0.5, 0.6) is 5.75 Å². The molecule has 1 aromatic rings. The van der Waals surface area contributed by atoms with Gasteiger partial charge >= 0.3 is 0 Å². The second kappa shape index (κ2) is 4.98. The predicted octanol–water partition coefficient (Wildman–Crippen LogP) is 1.41. The van der Waals surface area contributed by atoms with Gasteiger partial charge in [-0.1, -0.05) is 6.92 Å². The smallest absolute Gasteiger partial charge is 0.253 e. The Morgan fingerprint density at radius 1 is 1.28 bits per heavy atom. The van der Waals surface area contributed by atoms with E-state index < -0.39 is 0 Å². The van der Waals surface area contributed by atoms with Crippen LogP contribution in [-0.2, 0) is 0 Å². The second-order valence-corrected chi connectivity index (χ2v) is 5.27. The fourth-order valence-corrected chi connectivity index (χ4v) is 2.57. The monoisotopic (exact) mass is 248 g/mol. The van der Waals surface area contributed by atoms with Crippen LogP contribution in [0.2, 0.25) is 0 Å². The third kappa shape index (κ3) is 2.48. The number of rotatable bonds is 2. The summed E-state index contributed by atoms with van der Waals surface area (Å²) in [4.78, 5) is 16.4. The van der Waals surface area contributed by atoms with Gasteiger partial charge in [0.2, 0.25) is 0 Å². The Hall–Kier alpha value is -1.55. The molecule has 0 aliphatic carbocycles. The first kappa shape index (κ1) is 12.9. The van der Waals surface area contributed by atoms with Crippen LogP contribution in [0.15, 0.2) is 24.3 Å². The Morgan fingerprint density at radius 2 is 1.89 bits per heavy atom. The van der Waals surface area contributed by atoms with Crippen LogP contribution < -0.4 is 0 Å². The lowest BCUT2D eigenvalue weighted by Gasteiger charge is -2.22. The van der Waals surface area contributed by atoms with E-state index in [1.807, 2.05) is 4.90 Å². The first-order chi connectivity index (χ1) is 8.49. The molecule has 1 aliphatic heterocycles. The molecule has 18 heavy (non-hydrogen) atoms. The number of carbonyl (C=O) groups excluding carboxylic acids is 1. The zero-order valence-electron chi connectivity index (χ0n) is 11.1. The fourth-order valence-electron chi connectivity index (χ4n) is 2.57. The highest BCUT2D eigenvalue weighted by molar-refractivity contribution is 5.94. The van der Waals surface area contributed by atoms with Crippen LogP contribution >= 0.6 is 0 Å². The van der Waals surface area contributed by atoms with E-state index in [1.165, 1.54) is 0 Å². The van der Waals surface area contributed by atoms with Gasteiger partial charge in [-0.15, -0.1) is 0 Å². The van der Waals surface area contributed by atoms with Crippen molar-refractivity contribution in [2.45, 2.75) is 13.0 Å². The van der Waals surface area contributed by atoms with E-state index in [4.69, 9.17) is 0 Å². The van der Waals surface area contributed by atoms with Crippen molar-refractivity contribution in [3.8, 4) is 5.75 Å². The molecule has 1 heterocycles. The average molecular weight is 248 g/mol. The first-order valence-corrected chi connectivity index (χ1v) is 6.23. The van der Waals surface area contributed by atoms with Crippen LogP contribution in [0, 0.1) is 5.92 Å². The van der Waals surface area contributed by atoms with E-state index in [2.05, 4.69) is 25.9 Å². The molecule has 2 atom stereocenters. The number of benzene rings is 1. The van der Waals surface area contributed by atoms with E-state index in [0.29, 0.717) is 17.5 Å². The van der Waals surface area contributed by atoms with E-state index in [0.717, 1.165) is 13.1 Å². The number of aromatic hydroxyl groups is 1. The lowest BCUT2D eigenvalue weighted by molar-refractivity contribution is 0.0781. The Bertz CT molecular complexity index is 428. The summed E-state index contributed by atoms with van der Waals surface area (Å²) in [7, 11) is 4.10. The maximum absolute atomic E-state index is 12.3. The fraction of sp³-hybridized carbons (Fsp3) is 0.500. The Morgan fingerprint density at radius 3 is 2.39 bits per heavy atom. The Balaban J connectivity index is 2.09. The normalized spacial score (nSPS) is 23.7. The SMILES string of the molecule is CC1CN(C(=O)c2ccc(O)cc2)CC1N(C)C. The number of phenolic OH excluding ortho intramolecular Hbond substituents is 1. The van der Waals surface area contributed by atoms with Gasteiger partial charge in [-0.3, -0.25) is 4.79 Å². The van der Waals surface area contributed by atoms with Gasteiger partial charge in [-0.2, -0.15) is 0 Å². The molecule has 1 aromatic carbocycles. The standard InChI is InChI=1S/C14H20N2O2/c1-10-8-16(9-13(10)15(2)3)14(18)11-4-6-12(17)7-5-11/h4-7,10,13,17H,8-9H2,1-3H3. The molecule has 1 amide bonds. The highest BCUT2D eigenvalue weighted by Gasteiger charge is 2.33. The summed E-state index contributed by atoms with van der Waals surface area (Å²) in [6.45, 7) is 3.74. The predicted molar refractivity (Wildman–Crippen MR) is 70.6 cm³/mol. The lowest BCUT2D eigenvalue weighted by atomic mass is 10.1. The molecule has 98 valence electrons. The third-order valence-corrected chi connectivity index (χ3v) is 3.64. The van der Waals surface area contributed by atoms with Crippen molar-refractivity contribution in [2.75, 3.05) is 27.2 Å². The minimum Gasteiger partial charge on any atom is -0.508 e. The molecule has 1 N–H and O–H groups in total. The summed E-state index contributed by atoms with van der Waals surface area (Å²) in [5, 5.41) is 9.23. The number of likely N-dealkylation sites (tertiary alicyclic amines) is 1. The van der Waals surface area contributed by atoms with Crippen molar-refractivity contribution in [2.24, 2.45) is 5.92 Å². The summed E-state index contributed by atoms with van der Waals surface area (Å²) in [6, 6.07) is 6.87. The summed E-state index contributed by atoms with van der Waals surface area (Å²) in [5.74, 6) is 0.722. The van der Waals surface area contributed by atoms with Gasteiger partial charge in [0, 0.05) is 24.7 Å². The number of likely N-dealkylation sites (N-methyl/N-ethyl adjacent to an activating group) is 1. The molecular formula is C14H20N2O2. The van der Waals surface area contributed by atoms with Crippen molar-refractivity contribution in [3.63, 3.8) is 0 Å². The second-order valence-electron chi connectivity index (χ2n) is 5.27. The molecule has 0 bridgehead atoms.